The number of H-pyrrole nitrogens is 2. The van der Waals surface area contributed by atoms with Gasteiger partial charge >= 0.3 is 198 Å². The van der Waals surface area contributed by atoms with Crippen LogP contribution < -0.4 is 219 Å². The Morgan fingerprint density at radius 1 is 0.415 bits per heavy atom. The number of aromatic nitrogens is 6. The summed E-state index contributed by atoms with van der Waals surface area (Å²) in [6.07, 6.45) is 0.725. The molecule has 594 valence electrons. The molecule has 0 unspecified atom stereocenters. The van der Waals surface area contributed by atoms with Crippen LogP contribution in [-0.4, -0.2) is 162 Å². The Labute approximate surface area is 814 Å². The molecule has 0 fully saturated rings. The van der Waals surface area contributed by atoms with E-state index in [1.165, 1.54) is 60.7 Å². The maximum Gasteiger partial charge on any atom is 1.00 e. The van der Waals surface area contributed by atoms with Crippen LogP contribution in [0, 0.1) is 0 Å². The summed E-state index contributed by atoms with van der Waals surface area (Å²) in [6, 6.07) is 20.9. The van der Waals surface area contributed by atoms with Gasteiger partial charge in [-0.25, -0.2) is 68.9 Å². The average molecular weight is 1880 g/mol. The normalized spacial score (nSPS) is 12.6. The molecule has 10 aromatic rings. The minimum Gasteiger partial charge on any atom is -0.870 e. The van der Waals surface area contributed by atoms with Gasteiger partial charge in [-0.05, 0) is 167 Å². The van der Waals surface area contributed by atoms with Gasteiger partial charge in [0, 0.05) is 22.1 Å². The molecule has 0 atom stereocenters. The van der Waals surface area contributed by atoms with E-state index in [1.807, 2.05) is 0 Å². The van der Waals surface area contributed by atoms with Crippen LogP contribution in [0.4, 0.5) is 57.4 Å². The van der Waals surface area contributed by atoms with Gasteiger partial charge in [-0.2, -0.15) is 36.8 Å². The molecule has 2 aromatic heterocycles. The van der Waals surface area contributed by atoms with Crippen LogP contribution in [0.15, 0.2) is 181 Å². The van der Waals surface area contributed by atoms with Gasteiger partial charge in [0.05, 0.1) is 90.1 Å². The number of hydrogen-bond acceptors (Lipinski definition) is 38. The molecule has 58 heteroatoms. The number of halogens is 2. The zero-order valence-corrected chi connectivity index (χ0v) is 82.3. The quantitative estimate of drug-likeness (QED) is 0.0133. The molecule has 10 rings (SSSR count). The van der Waals surface area contributed by atoms with Gasteiger partial charge in [0.15, 0.2) is 19.7 Å². The molecule has 0 amide bonds. The van der Waals surface area contributed by atoms with Crippen LogP contribution in [-0.2, 0) is 89.3 Å². The van der Waals surface area contributed by atoms with Gasteiger partial charge in [-0.15, -0.1) is 20.5 Å². The van der Waals surface area contributed by atoms with Gasteiger partial charge in [-0.1, -0.05) is 37.5 Å². The fourth-order valence-electron chi connectivity index (χ4n) is 9.96. The van der Waals surface area contributed by atoms with Gasteiger partial charge in [0.1, 0.15) is 63.3 Å². The molecule has 2 heterocycles. The largest absolute Gasteiger partial charge is 1.00 e. The van der Waals surface area contributed by atoms with E-state index in [-0.39, 0.29) is 235 Å². The Morgan fingerprint density at radius 3 is 1.06 bits per heavy atom. The molecule has 0 radical (unpaired) electrons. The molecule has 0 aliphatic carbocycles. The first-order valence-corrected chi connectivity index (χ1v) is 43.3. The van der Waals surface area contributed by atoms with Crippen molar-refractivity contribution in [1.29, 1.82) is 0 Å². The summed E-state index contributed by atoms with van der Waals surface area (Å²) in [6.45, 7) is 1.58. The van der Waals surface area contributed by atoms with Gasteiger partial charge in [0.25, 0.3) is 0 Å². The predicted octanol–water partition coefficient (Wildman–Crippen LogP) is -11.5. The van der Waals surface area contributed by atoms with E-state index < -0.39 is 215 Å². The van der Waals surface area contributed by atoms with Crippen LogP contribution >= 0.6 is 23.2 Å². The molecule has 0 spiro atoms. The Kier molecular flexibility index (Phi) is 39.2. The van der Waals surface area contributed by atoms with Crippen LogP contribution in [0.5, 0.6) is 23.0 Å². The third kappa shape index (κ3) is 28.4. The minimum absolute atomic E-state index is 0. The maximum absolute atomic E-state index is 14.7. The number of anilines is 4. The maximum atomic E-state index is 14.7. The van der Waals surface area contributed by atoms with Crippen LogP contribution in [0.1, 0.15) is 26.7 Å². The van der Waals surface area contributed by atoms with Crippen molar-refractivity contribution in [3.05, 3.63) is 143 Å². The average Bonchev–Trinajstić information content (AvgIpc) is 0.750. The van der Waals surface area contributed by atoms with Crippen molar-refractivity contribution in [2.45, 2.75) is 56.1 Å². The zero-order valence-electron chi connectivity index (χ0n) is 62.2. The van der Waals surface area contributed by atoms with Gasteiger partial charge in [0.2, 0.25) is 33.7 Å². The molecule has 8 aromatic carbocycles. The Morgan fingerprint density at radius 2 is 0.754 bits per heavy atom. The number of aromatic amines is 2. The first kappa shape index (κ1) is 106. The third-order valence-corrected chi connectivity index (χ3v) is 22.8. The van der Waals surface area contributed by atoms with E-state index in [9.17, 15) is 95.8 Å². The Balaban J connectivity index is 0.00000488. The van der Waals surface area contributed by atoms with Crippen molar-refractivity contribution >= 4 is 183 Å². The second-order valence-corrected chi connectivity index (χ2v) is 35.3. The number of azo groups is 2. The molecule has 0 aliphatic rings. The van der Waals surface area contributed by atoms with Crippen molar-refractivity contribution in [1.82, 2.24) is 29.9 Å². The zero-order chi connectivity index (χ0) is 81.8. The van der Waals surface area contributed by atoms with Crippen molar-refractivity contribution in [2.75, 3.05) is 48.6 Å². The van der Waals surface area contributed by atoms with Gasteiger partial charge < -0.3 is 48.5 Å². The molecule has 0 saturated carbocycles. The summed E-state index contributed by atoms with van der Waals surface area (Å²) >= 11 is 12.5. The first-order chi connectivity index (χ1) is 52.2. The number of nitrogens with zero attached hydrogens (tertiary/aromatic N) is 10. The van der Waals surface area contributed by atoms with Crippen molar-refractivity contribution < 1.29 is 300 Å². The number of nitrogens with one attached hydrogen (secondary N) is 4. The fourth-order valence-corrected chi connectivity index (χ4v) is 15.6. The Bertz CT molecular complexity index is 6290. The molecule has 0 saturated heterocycles. The number of fused-ring (bicyclic) bond motifs is 2. The summed E-state index contributed by atoms with van der Waals surface area (Å²) in [4.78, 5) is 23.9. The van der Waals surface area contributed by atoms with E-state index in [0.717, 1.165) is 24.3 Å². The van der Waals surface area contributed by atoms with Crippen molar-refractivity contribution in [3.8, 4) is 34.1 Å². The standard InChI is InChI=1S/C60H54Cl2N14O28S8.6Na/c1-3-17-101-45-25-31(5-15-41(45)73-75-51-47(109(89,90)91)27-33-23-39(107(83,84)85)29-43(49(33)53(51)77)65-59-69-55(61)67-57(71-59)63-35-7-11-37(12-8-35)105(79,80)21-19-103-111(95,96)97)32-6-16-42(46(26-32)102-18-4-2)74-76-52-48(110(92,93)94)28-34-24-40(108(86,87)88)30-44(50(34)54(52)78)66-60-70-56(62)68-58(72-60)64-36-9-13-38(14-10-36)106(81,82)22-20-104-112(98,99)100;;;;;;/h5-16,23-30,77-78H,3-4,17-22H2,1-2H3,(H,83,84,85)(H,86,87,88)(H,89,90,91)(H,92,93,94)(H,95,96,97)(H,98,99,100)(H2,63,65,67,69,71)(H2,64,66,68,70,72);;;;;;/q;6*+1/p-6. The summed E-state index contributed by atoms with van der Waals surface area (Å²) < 4.78 is 286. The van der Waals surface area contributed by atoms with Crippen LogP contribution in [0.25, 0.3) is 32.7 Å². The number of sulfone groups is 2. The summed E-state index contributed by atoms with van der Waals surface area (Å²) in [5, 5.41) is 47.2. The van der Waals surface area contributed by atoms with Crippen molar-refractivity contribution in [3.63, 3.8) is 0 Å². The minimum atomic E-state index is -5.76. The predicted molar refractivity (Wildman–Crippen MR) is 382 cm³/mol. The van der Waals surface area contributed by atoms with E-state index in [2.05, 4.69) is 79.3 Å². The molecule has 42 nitrogen and oxygen atoms in total. The van der Waals surface area contributed by atoms with Crippen LogP contribution in [0.3, 0.4) is 0 Å². The molecule has 118 heavy (non-hydrogen) atoms. The van der Waals surface area contributed by atoms with E-state index >= 15 is 0 Å². The summed E-state index contributed by atoms with van der Waals surface area (Å²) in [7, 11) is -40.7. The van der Waals surface area contributed by atoms with Crippen LogP contribution in [0.2, 0.25) is 10.6 Å². The molecule has 6 N–H and O–H groups in total. The van der Waals surface area contributed by atoms with Crippen molar-refractivity contribution in [2.24, 2.45) is 30.4 Å². The number of benzene rings is 8. The molecular formula is C60H48Cl2N14Na6O28S8. The number of ether oxygens (including phenoxy) is 2. The smallest absolute Gasteiger partial charge is 0.870 e. The topological polar surface area (TPSA) is 670 Å². The van der Waals surface area contributed by atoms with Gasteiger partial charge in [-0.3, -0.25) is 19.1 Å². The summed E-state index contributed by atoms with van der Waals surface area (Å²) in [5.74, 6) is -5.56. The van der Waals surface area contributed by atoms with E-state index in [4.69, 9.17) is 41.8 Å². The monoisotopic (exact) mass is 1880 g/mol. The number of hydrogen-bond donors (Lipinski definition) is 6. The molecule has 0 bridgehead atoms. The second-order valence-electron chi connectivity index (χ2n) is 22.7. The summed E-state index contributed by atoms with van der Waals surface area (Å²) in [5.41, 5.74) is -4.56. The first-order valence-electron chi connectivity index (χ1n) is 30.9. The molecule has 0 aliphatic heterocycles. The third-order valence-electron chi connectivity index (χ3n) is 14.8. The SMILES string of the molecule is CCCOc1cc(-c2ccc(N=Nc3c(S(=O)(=O)[O-])cc4cc(S(=O)(=O)[O-])cc(N=c5nc(Nc6ccc(S(=O)(=O)CCOS(=O)(=O)O)cc6)nc(Cl)[nH]5)c4c3[O-])c(OCCC)c2)ccc1N=Nc1c(S(=O)(=O)[O-])cc2cc(S(=O)(=O)[O-])cc(N=c3nc(Nc4ccc(S(=O)(=O)CCOS(=O)(=O)O)cc4)nc(Cl)[nH]3)c2c1[O-].[Na+].[Na+].[Na+].[Na+].[Na+].[Na+]. The molecular weight excluding hydrogens is 1830 g/mol. The van der Waals surface area contributed by atoms with E-state index in [1.54, 1.807) is 13.8 Å². The second kappa shape index (κ2) is 43.6. The Hall–Kier alpha value is -4.24. The fraction of sp³-hybridized carbons (Fsp3) is 0.167. The number of rotatable bonds is 31. The van der Waals surface area contributed by atoms with E-state index in [0.29, 0.717) is 60.4 Å².